The lowest BCUT2D eigenvalue weighted by Crippen LogP contribution is -2.54. The molecule has 1 fully saturated rings. The Labute approximate surface area is 112 Å². The smallest absolute Gasteiger partial charge is 0.326 e. The number of aliphatic carboxylic acids is 1. The highest BCUT2D eigenvalue weighted by Crippen LogP contribution is 2.20. The number of hydrogen-bond acceptors (Lipinski definition) is 4. The van der Waals surface area contributed by atoms with Crippen LogP contribution in [0.3, 0.4) is 0 Å². The number of nitrogens with zero attached hydrogens (tertiary/aromatic N) is 1. The molecular formula is C12H21N3O4. The summed E-state index contributed by atoms with van der Waals surface area (Å²) in [5.41, 5.74) is 5.22. The third-order valence-electron chi connectivity index (χ3n) is 3.26. The molecule has 0 saturated carbocycles. The summed E-state index contributed by atoms with van der Waals surface area (Å²) in [5, 5.41) is 11.6. The SMILES string of the molecule is CC(C)C(NC(=O)CN)C(=O)N1CCCC1C(=O)O. The Morgan fingerprint density at radius 3 is 2.53 bits per heavy atom. The number of carbonyl (C=O) groups is 3. The molecule has 19 heavy (non-hydrogen) atoms. The highest BCUT2D eigenvalue weighted by atomic mass is 16.4. The van der Waals surface area contributed by atoms with Gasteiger partial charge in [0.25, 0.3) is 0 Å². The Morgan fingerprint density at radius 1 is 1.42 bits per heavy atom. The maximum Gasteiger partial charge on any atom is 0.326 e. The van der Waals surface area contributed by atoms with E-state index in [-0.39, 0.29) is 18.4 Å². The normalized spacial score (nSPS) is 20.4. The summed E-state index contributed by atoms with van der Waals surface area (Å²) in [6.07, 6.45) is 1.12. The van der Waals surface area contributed by atoms with Gasteiger partial charge in [0.05, 0.1) is 6.54 Å². The lowest BCUT2D eigenvalue weighted by molar-refractivity contribution is -0.149. The highest BCUT2D eigenvalue weighted by molar-refractivity contribution is 5.91. The molecule has 0 aromatic heterocycles. The van der Waals surface area contributed by atoms with E-state index >= 15 is 0 Å². The van der Waals surface area contributed by atoms with Crippen LogP contribution in [-0.2, 0) is 14.4 Å². The van der Waals surface area contributed by atoms with E-state index in [2.05, 4.69) is 5.32 Å². The summed E-state index contributed by atoms with van der Waals surface area (Å²) in [4.78, 5) is 36.1. The van der Waals surface area contributed by atoms with Gasteiger partial charge in [-0.15, -0.1) is 0 Å². The standard InChI is InChI=1S/C12H21N3O4/c1-7(2)10(14-9(16)6-13)11(17)15-5-3-4-8(15)12(18)19/h7-8,10H,3-6,13H2,1-2H3,(H,14,16)(H,18,19). The van der Waals surface area contributed by atoms with Crippen LogP contribution in [-0.4, -0.2) is 53.0 Å². The first kappa shape index (κ1) is 15.4. The minimum absolute atomic E-state index is 0.127. The van der Waals surface area contributed by atoms with Gasteiger partial charge in [-0.1, -0.05) is 13.8 Å². The number of nitrogens with one attached hydrogen (secondary N) is 1. The summed E-state index contributed by atoms with van der Waals surface area (Å²) in [6.45, 7) is 3.81. The van der Waals surface area contributed by atoms with Gasteiger partial charge in [0, 0.05) is 6.54 Å². The summed E-state index contributed by atoms with van der Waals surface area (Å²) in [6, 6.07) is -1.51. The van der Waals surface area contributed by atoms with Crippen LogP contribution in [0.5, 0.6) is 0 Å². The molecule has 4 N–H and O–H groups in total. The van der Waals surface area contributed by atoms with Crippen LogP contribution < -0.4 is 11.1 Å². The highest BCUT2D eigenvalue weighted by Gasteiger charge is 2.38. The van der Waals surface area contributed by atoms with E-state index in [0.717, 1.165) is 0 Å². The van der Waals surface area contributed by atoms with Crippen molar-refractivity contribution in [1.82, 2.24) is 10.2 Å². The topological polar surface area (TPSA) is 113 Å². The molecule has 7 heteroatoms. The minimum atomic E-state index is -1.00. The average Bonchev–Trinajstić information content (AvgIpc) is 2.83. The molecule has 0 aromatic carbocycles. The number of rotatable bonds is 5. The molecule has 108 valence electrons. The summed E-state index contributed by atoms with van der Waals surface area (Å²) in [5.74, 6) is -1.89. The summed E-state index contributed by atoms with van der Waals surface area (Å²) in [7, 11) is 0. The summed E-state index contributed by atoms with van der Waals surface area (Å²) < 4.78 is 0. The van der Waals surface area contributed by atoms with Gasteiger partial charge < -0.3 is 21.1 Å². The Balaban J connectivity index is 2.81. The van der Waals surface area contributed by atoms with E-state index in [1.54, 1.807) is 13.8 Å². The second-order valence-corrected chi connectivity index (χ2v) is 5.02. The fraction of sp³-hybridized carbons (Fsp3) is 0.750. The fourth-order valence-corrected chi connectivity index (χ4v) is 2.21. The zero-order valence-corrected chi connectivity index (χ0v) is 11.3. The molecule has 0 aliphatic carbocycles. The fourth-order valence-electron chi connectivity index (χ4n) is 2.21. The molecular weight excluding hydrogens is 250 g/mol. The molecule has 0 radical (unpaired) electrons. The average molecular weight is 271 g/mol. The number of amides is 2. The molecule has 1 rings (SSSR count). The van der Waals surface area contributed by atoms with Crippen molar-refractivity contribution in [3.63, 3.8) is 0 Å². The van der Waals surface area contributed by atoms with Crippen LogP contribution in [0, 0.1) is 5.92 Å². The lowest BCUT2D eigenvalue weighted by Gasteiger charge is -2.29. The number of nitrogens with two attached hydrogens (primary N) is 1. The van der Waals surface area contributed by atoms with Crippen molar-refractivity contribution in [2.75, 3.05) is 13.1 Å². The Bertz CT molecular complexity index is 370. The lowest BCUT2D eigenvalue weighted by atomic mass is 10.0. The number of carboxylic acids is 1. The molecule has 2 unspecified atom stereocenters. The Hall–Kier alpha value is -1.63. The molecule has 2 amide bonds. The van der Waals surface area contributed by atoms with Crippen LogP contribution in [0.1, 0.15) is 26.7 Å². The second-order valence-electron chi connectivity index (χ2n) is 5.02. The molecule has 1 aliphatic rings. The van der Waals surface area contributed by atoms with Gasteiger partial charge >= 0.3 is 5.97 Å². The maximum atomic E-state index is 12.4. The van der Waals surface area contributed by atoms with Crippen molar-refractivity contribution in [2.24, 2.45) is 11.7 Å². The van der Waals surface area contributed by atoms with Crippen molar-refractivity contribution in [3.8, 4) is 0 Å². The van der Waals surface area contributed by atoms with E-state index in [4.69, 9.17) is 10.8 Å². The van der Waals surface area contributed by atoms with Gasteiger partial charge in [-0.3, -0.25) is 9.59 Å². The van der Waals surface area contributed by atoms with Crippen molar-refractivity contribution in [1.29, 1.82) is 0 Å². The number of hydrogen-bond donors (Lipinski definition) is 3. The van der Waals surface area contributed by atoms with E-state index in [0.29, 0.717) is 19.4 Å². The first-order valence-electron chi connectivity index (χ1n) is 6.41. The van der Waals surface area contributed by atoms with Gasteiger partial charge in [0.1, 0.15) is 12.1 Å². The van der Waals surface area contributed by atoms with Crippen LogP contribution in [0.25, 0.3) is 0 Å². The minimum Gasteiger partial charge on any atom is -0.480 e. The third kappa shape index (κ3) is 3.66. The van der Waals surface area contributed by atoms with Crippen LogP contribution in [0.15, 0.2) is 0 Å². The van der Waals surface area contributed by atoms with Gasteiger partial charge in [-0.2, -0.15) is 0 Å². The Kier molecular flexibility index (Phi) is 5.29. The third-order valence-corrected chi connectivity index (χ3v) is 3.26. The monoisotopic (exact) mass is 271 g/mol. The number of carbonyl (C=O) groups excluding carboxylic acids is 2. The quantitative estimate of drug-likeness (QED) is 0.603. The van der Waals surface area contributed by atoms with E-state index in [9.17, 15) is 14.4 Å². The maximum absolute atomic E-state index is 12.4. The van der Waals surface area contributed by atoms with Crippen molar-refractivity contribution in [3.05, 3.63) is 0 Å². The van der Waals surface area contributed by atoms with E-state index in [1.807, 2.05) is 0 Å². The van der Waals surface area contributed by atoms with Gasteiger partial charge in [0.15, 0.2) is 0 Å². The van der Waals surface area contributed by atoms with Crippen molar-refractivity contribution in [2.45, 2.75) is 38.8 Å². The zero-order chi connectivity index (χ0) is 14.6. The van der Waals surface area contributed by atoms with Crippen LogP contribution in [0.2, 0.25) is 0 Å². The van der Waals surface area contributed by atoms with Crippen LogP contribution >= 0.6 is 0 Å². The first-order chi connectivity index (χ1) is 8.88. The molecule has 0 aromatic rings. The van der Waals surface area contributed by atoms with Crippen molar-refractivity contribution < 1.29 is 19.5 Å². The van der Waals surface area contributed by atoms with Crippen LogP contribution in [0.4, 0.5) is 0 Å². The first-order valence-corrected chi connectivity index (χ1v) is 6.41. The molecule has 1 saturated heterocycles. The summed E-state index contributed by atoms with van der Waals surface area (Å²) >= 11 is 0. The molecule has 1 aliphatic heterocycles. The van der Waals surface area contributed by atoms with Gasteiger partial charge in [-0.25, -0.2) is 4.79 Å². The predicted molar refractivity (Wildman–Crippen MR) is 68.2 cm³/mol. The largest absolute Gasteiger partial charge is 0.480 e. The van der Waals surface area contributed by atoms with Crippen molar-refractivity contribution >= 4 is 17.8 Å². The van der Waals surface area contributed by atoms with Gasteiger partial charge in [-0.05, 0) is 18.8 Å². The molecule has 2 atom stereocenters. The second kappa shape index (κ2) is 6.51. The van der Waals surface area contributed by atoms with Gasteiger partial charge in [0.2, 0.25) is 11.8 Å². The molecule has 0 bridgehead atoms. The number of likely N-dealkylation sites (tertiary alicyclic amines) is 1. The predicted octanol–water partition coefficient (Wildman–Crippen LogP) is -0.838. The van der Waals surface area contributed by atoms with E-state index in [1.165, 1.54) is 4.90 Å². The molecule has 1 heterocycles. The molecule has 7 nitrogen and oxygen atoms in total. The molecule has 0 spiro atoms. The zero-order valence-electron chi connectivity index (χ0n) is 11.3. The van der Waals surface area contributed by atoms with E-state index < -0.39 is 24.0 Å². The Morgan fingerprint density at radius 2 is 2.05 bits per heavy atom. The number of carboxylic acid groups (broad SMARTS) is 1.